The lowest BCUT2D eigenvalue weighted by atomic mass is 9.91. The molecule has 0 saturated carbocycles. The lowest BCUT2D eigenvalue weighted by Gasteiger charge is -2.42. The summed E-state index contributed by atoms with van der Waals surface area (Å²) in [6.07, 6.45) is 3.74. The molecule has 1 aliphatic heterocycles. The van der Waals surface area contributed by atoms with Crippen LogP contribution >= 0.6 is 11.6 Å². The molecule has 1 aromatic rings. The zero-order valence-corrected chi connectivity index (χ0v) is 13.2. The van der Waals surface area contributed by atoms with Crippen LogP contribution in [0, 0.1) is 0 Å². The number of carbonyl (C=O) groups excluding carboxylic acids is 1. The first kappa shape index (κ1) is 16.3. The summed E-state index contributed by atoms with van der Waals surface area (Å²) in [6, 6.07) is 7.43. The Hall–Kier alpha value is -1.10. The van der Waals surface area contributed by atoms with E-state index in [-0.39, 0.29) is 24.0 Å². The Balaban J connectivity index is 2.36. The number of carbonyl (C=O) groups is 1. The van der Waals surface area contributed by atoms with Crippen molar-refractivity contribution in [3.8, 4) is 0 Å². The van der Waals surface area contributed by atoms with E-state index in [4.69, 9.17) is 23.1 Å². The summed E-state index contributed by atoms with van der Waals surface area (Å²) in [6.45, 7) is 2.91. The Kier molecular flexibility index (Phi) is 5.62. The van der Waals surface area contributed by atoms with Crippen LogP contribution in [0.4, 0.5) is 0 Å². The molecule has 3 unspecified atom stereocenters. The predicted molar refractivity (Wildman–Crippen MR) is 86.0 cm³/mol. The maximum atomic E-state index is 11.8. The quantitative estimate of drug-likeness (QED) is 0.877. The highest BCUT2D eigenvalue weighted by Crippen LogP contribution is 2.32. The average Bonchev–Trinajstić information content (AvgIpc) is 2.47. The van der Waals surface area contributed by atoms with Crippen LogP contribution in [-0.2, 0) is 4.79 Å². The molecule has 0 bridgehead atoms. The Morgan fingerprint density at radius 3 is 2.86 bits per heavy atom. The molecule has 0 aliphatic carbocycles. The number of hydrogen-bond acceptors (Lipinski definition) is 3. The van der Waals surface area contributed by atoms with Crippen LogP contribution in [0.3, 0.4) is 0 Å². The zero-order valence-electron chi connectivity index (χ0n) is 12.5. The van der Waals surface area contributed by atoms with E-state index in [0.29, 0.717) is 5.02 Å². The first-order valence-electron chi connectivity index (χ1n) is 7.60. The minimum Gasteiger partial charge on any atom is -0.368 e. The van der Waals surface area contributed by atoms with Gasteiger partial charge in [-0.3, -0.25) is 9.69 Å². The summed E-state index contributed by atoms with van der Waals surface area (Å²) in [7, 11) is 0. The van der Waals surface area contributed by atoms with Crippen molar-refractivity contribution in [2.45, 2.75) is 50.7 Å². The summed E-state index contributed by atoms with van der Waals surface area (Å²) in [5, 5.41) is 0.688. The van der Waals surface area contributed by atoms with Crippen molar-refractivity contribution in [3.63, 3.8) is 0 Å². The molecule has 4 N–H and O–H groups in total. The van der Waals surface area contributed by atoms with Gasteiger partial charge in [0.15, 0.2) is 0 Å². The molecule has 4 nitrogen and oxygen atoms in total. The molecule has 21 heavy (non-hydrogen) atoms. The molecule has 5 heteroatoms. The zero-order chi connectivity index (χ0) is 15.4. The van der Waals surface area contributed by atoms with Crippen molar-refractivity contribution < 1.29 is 4.79 Å². The highest BCUT2D eigenvalue weighted by atomic mass is 35.5. The molecule has 1 saturated heterocycles. The number of hydrogen-bond donors (Lipinski definition) is 2. The van der Waals surface area contributed by atoms with Crippen LogP contribution in [-0.4, -0.2) is 29.4 Å². The van der Waals surface area contributed by atoms with Gasteiger partial charge in [0.25, 0.3) is 0 Å². The van der Waals surface area contributed by atoms with Crippen LogP contribution in [0.15, 0.2) is 24.3 Å². The standard InChI is InChI=1S/C16H24ClN3O/c1-2-13(18)15(11-6-5-7-12(17)10-11)20-9-4-3-8-14(20)16(19)21/h5-7,10,13-15H,2-4,8-9,18H2,1H3,(H2,19,21). The van der Waals surface area contributed by atoms with E-state index in [1.54, 1.807) is 0 Å². The van der Waals surface area contributed by atoms with E-state index < -0.39 is 0 Å². The highest BCUT2D eigenvalue weighted by molar-refractivity contribution is 6.30. The van der Waals surface area contributed by atoms with Gasteiger partial charge in [-0.2, -0.15) is 0 Å². The molecule has 0 radical (unpaired) electrons. The molecule has 2 rings (SSSR count). The van der Waals surface area contributed by atoms with Crippen molar-refractivity contribution in [3.05, 3.63) is 34.9 Å². The van der Waals surface area contributed by atoms with Gasteiger partial charge in [0, 0.05) is 11.1 Å². The van der Waals surface area contributed by atoms with Crippen LogP contribution in [0.25, 0.3) is 0 Å². The predicted octanol–water partition coefficient (Wildman–Crippen LogP) is 2.46. The summed E-state index contributed by atoms with van der Waals surface area (Å²) in [5.41, 5.74) is 13.0. The Morgan fingerprint density at radius 1 is 1.48 bits per heavy atom. The van der Waals surface area contributed by atoms with Crippen LogP contribution < -0.4 is 11.5 Å². The lowest BCUT2D eigenvalue weighted by Crippen LogP contribution is -2.53. The smallest absolute Gasteiger partial charge is 0.234 e. The maximum absolute atomic E-state index is 11.8. The second-order valence-corrected chi connectivity index (χ2v) is 6.16. The Bertz CT molecular complexity index is 494. The SMILES string of the molecule is CCC(N)C(c1cccc(Cl)c1)N1CCCCC1C(N)=O. The summed E-state index contributed by atoms with van der Waals surface area (Å²) >= 11 is 6.12. The van der Waals surface area contributed by atoms with Gasteiger partial charge in [-0.25, -0.2) is 0 Å². The van der Waals surface area contributed by atoms with Crippen molar-refractivity contribution in [1.29, 1.82) is 0 Å². The van der Waals surface area contributed by atoms with Crippen molar-refractivity contribution in [2.75, 3.05) is 6.54 Å². The number of benzene rings is 1. The largest absolute Gasteiger partial charge is 0.368 e. The molecular weight excluding hydrogens is 286 g/mol. The van der Waals surface area contributed by atoms with E-state index in [1.807, 2.05) is 24.3 Å². The molecule has 3 atom stereocenters. The van der Waals surface area contributed by atoms with Gasteiger partial charge in [-0.1, -0.05) is 37.1 Å². The minimum atomic E-state index is -0.259. The third-order valence-electron chi connectivity index (χ3n) is 4.30. The van der Waals surface area contributed by atoms with Gasteiger partial charge in [0.2, 0.25) is 5.91 Å². The summed E-state index contributed by atoms with van der Waals surface area (Å²) in [4.78, 5) is 14.0. The molecule has 1 amide bonds. The van der Waals surface area contributed by atoms with Gasteiger partial charge in [-0.05, 0) is 43.5 Å². The van der Waals surface area contributed by atoms with Gasteiger partial charge in [0.1, 0.15) is 0 Å². The summed E-state index contributed by atoms with van der Waals surface area (Å²) in [5.74, 6) is -0.259. The lowest BCUT2D eigenvalue weighted by molar-refractivity contribution is -0.125. The number of rotatable bonds is 5. The van der Waals surface area contributed by atoms with Gasteiger partial charge < -0.3 is 11.5 Å². The second-order valence-electron chi connectivity index (χ2n) is 5.72. The van der Waals surface area contributed by atoms with E-state index in [0.717, 1.165) is 37.8 Å². The van der Waals surface area contributed by atoms with Crippen LogP contribution in [0.2, 0.25) is 5.02 Å². The Labute approximate surface area is 131 Å². The molecule has 0 spiro atoms. The number of likely N-dealkylation sites (tertiary alicyclic amines) is 1. The van der Waals surface area contributed by atoms with Gasteiger partial charge >= 0.3 is 0 Å². The average molecular weight is 310 g/mol. The van der Waals surface area contributed by atoms with Crippen LogP contribution in [0.5, 0.6) is 0 Å². The second kappa shape index (κ2) is 7.25. The Morgan fingerprint density at radius 2 is 2.24 bits per heavy atom. The number of nitrogens with two attached hydrogens (primary N) is 2. The minimum absolute atomic E-state index is 0.0218. The number of piperidine rings is 1. The fraction of sp³-hybridized carbons (Fsp3) is 0.562. The highest BCUT2D eigenvalue weighted by Gasteiger charge is 2.35. The first-order valence-corrected chi connectivity index (χ1v) is 7.98. The summed E-state index contributed by atoms with van der Waals surface area (Å²) < 4.78 is 0. The molecule has 0 aromatic heterocycles. The van der Waals surface area contributed by atoms with E-state index in [1.165, 1.54) is 0 Å². The normalized spacial score (nSPS) is 22.7. The van der Waals surface area contributed by atoms with E-state index >= 15 is 0 Å². The van der Waals surface area contributed by atoms with E-state index in [9.17, 15) is 4.79 Å². The fourth-order valence-corrected chi connectivity index (χ4v) is 3.39. The molecule has 1 fully saturated rings. The first-order chi connectivity index (χ1) is 10.0. The van der Waals surface area contributed by atoms with Crippen molar-refractivity contribution >= 4 is 17.5 Å². The third-order valence-corrected chi connectivity index (χ3v) is 4.53. The van der Waals surface area contributed by atoms with E-state index in [2.05, 4.69) is 11.8 Å². The number of primary amides is 1. The van der Waals surface area contributed by atoms with Crippen molar-refractivity contribution in [2.24, 2.45) is 11.5 Å². The van der Waals surface area contributed by atoms with Crippen LogP contribution in [0.1, 0.15) is 44.2 Å². The number of halogens is 1. The number of nitrogens with zero attached hydrogens (tertiary/aromatic N) is 1. The maximum Gasteiger partial charge on any atom is 0.234 e. The molecular formula is C16H24ClN3O. The third kappa shape index (κ3) is 3.76. The fourth-order valence-electron chi connectivity index (χ4n) is 3.19. The van der Waals surface area contributed by atoms with Gasteiger partial charge in [0.05, 0.1) is 12.1 Å². The molecule has 1 aromatic carbocycles. The number of amides is 1. The molecule has 116 valence electrons. The monoisotopic (exact) mass is 309 g/mol. The van der Waals surface area contributed by atoms with Crippen molar-refractivity contribution in [1.82, 2.24) is 4.90 Å². The van der Waals surface area contributed by atoms with Gasteiger partial charge in [-0.15, -0.1) is 0 Å². The topological polar surface area (TPSA) is 72.3 Å². The molecule has 1 aliphatic rings. The molecule has 1 heterocycles.